The van der Waals surface area contributed by atoms with Gasteiger partial charge in [0.15, 0.2) is 0 Å². The van der Waals surface area contributed by atoms with Crippen molar-refractivity contribution in [3.05, 3.63) is 24.3 Å². The van der Waals surface area contributed by atoms with Crippen LogP contribution >= 0.6 is 0 Å². The number of aliphatic carboxylic acids is 1. The number of carboxylic acid groups (broad SMARTS) is 1. The molecule has 1 aromatic carbocycles. The zero-order valence-corrected chi connectivity index (χ0v) is 15.5. The molecule has 0 bridgehead atoms. The van der Waals surface area contributed by atoms with E-state index < -0.39 is 16.0 Å². The van der Waals surface area contributed by atoms with Crippen molar-refractivity contribution >= 4 is 16.0 Å². The number of rotatable bonds is 7. The molecule has 1 saturated heterocycles. The van der Waals surface area contributed by atoms with Crippen LogP contribution in [0.3, 0.4) is 0 Å². The second kappa shape index (κ2) is 8.64. The maximum atomic E-state index is 12.8. The first-order chi connectivity index (χ1) is 11.8. The van der Waals surface area contributed by atoms with Gasteiger partial charge in [-0.1, -0.05) is 0 Å². The number of likely N-dealkylation sites (N-methyl/N-ethyl adjacent to an activating group) is 1. The van der Waals surface area contributed by atoms with E-state index >= 15 is 0 Å². The molecule has 7 nitrogen and oxygen atoms in total. The largest absolute Gasteiger partial charge is 0.494 e. The highest BCUT2D eigenvalue weighted by molar-refractivity contribution is 7.89. The molecule has 1 N–H and O–H groups in total. The average molecular weight is 370 g/mol. The minimum atomic E-state index is -3.55. The smallest absolute Gasteiger partial charge is 0.317 e. The molecule has 2 rings (SSSR count). The minimum absolute atomic E-state index is 0.0314. The molecule has 1 aromatic rings. The molecule has 0 spiro atoms. The first-order valence-corrected chi connectivity index (χ1v) is 9.93. The van der Waals surface area contributed by atoms with Gasteiger partial charge in [-0.3, -0.25) is 9.69 Å². The summed E-state index contributed by atoms with van der Waals surface area (Å²) in [7, 11) is -1.77. The van der Waals surface area contributed by atoms with E-state index in [1.165, 1.54) is 4.31 Å². The predicted molar refractivity (Wildman–Crippen MR) is 94.3 cm³/mol. The molecule has 1 heterocycles. The summed E-state index contributed by atoms with van der Waals surface area (Å²) in [5, 5.41) is 8.92. The van der Waals surface area contributed by atoms with Crippen LogP contribution in [0, 0.1) is 0 Å². The van der Waals surface area contributed by atoms with Gasteiger partial charge in [-0.15, -0.1) is 0 Å². The molecule has 1 atom stereocenters. The predicted octanol–water partition coefficient (Wildman–Crippen LogP) is 1.64. The van der Waals surface area contributed by atoms with Crippen LogP contribution in [-0.2, 0) is 14.8 Å². The fourth-order valence-corrected chi connectivity index (χ4v) is 4.59. The Morgan fingerprint density at radius 2 is 1.96 bits per heavy atom. The van der Waals surface area contributed by atoms with Crippen LogP contribution in [0.15, 0.2) is 29.2 Å². The summed E-state index contributed by atoms with van der Waals surface area (Å²) in [6.45, 7) is 3.22. The standard InChI is InChI=1S/C17H26N2O5S/c1-3-24-15-6-8-16(9-7-15)25(22,23)19-11-4-5-14(10-12-19)18(2)13-17(20)21/h6-9,14H,3-5,10-13H2,1-2H3,(H,20,21). The molecule has 0 radical (unpaired) electrons. The third-order valence-electron chi connectivity index (χ3n) is 4.44. The van der Waals surface area contributed by atoms with Crippen LogP contribution < -0.4 is 4.74 Å². The second-order valence-corrected chi connectivity index (χ2v) is 8.14. The van der Waals surface area contributed by atoms with Gasteiger partial charge >= 0.3 is 5.97 Å². The number of hydrogen-bond acceptors (Lipinski definition) is 5. The highest BCUT2D eigenvalue weighted by atomic mass is 32.2. The third kappa shape index (κ3) is 5.17. The zero-order valence-electron chi connectivity index (χ0n) is 14.7. The molecule has 1 aliphatic heterocycles. The maximum Gasteiger partial charge on any atom is 0.317 e. The lowest BCUT2D eigenvalue weighted by atomic mass is 10.1. The lowest BCUT2D eigenvalue weighted by molar-refractivity contribution is -0.138. The number of carbonyl (C=O) groups is 1. The Morgan fingerprint density at radius 3 is 2.56 bits per heavy atom. The monoisotopic (exact) mass is 370 g/mol. The van der Waals surface area contributed by atoms with Gasteiger partial charge < -0.3 is 9.84 Å². The van der Waals surface area contributed by atoms with E-state index in [4.69, 9.17) is 9.84 Å². The van der Waals surface area contributed by atoms with Gasteiger partial charge in [0.25, 0.3) is 0 Å². The lowest BCUT2D eigenvalue weighted by Crippen LogP contribution is -2.37. The summed E-state index contributed by atoms with van der Waals surface area (Å²) >= 11 is 0. The summed E-state index contributed by atoms with van der Waals surface area (Å²) < 4.78 is 32.5. The number of hydrogen-bond donors (Lipinski definition) is 1. The molecule has 1 aliphatic rings. The molecule has 140 valence electrons. The van der Waals surface area contributed by atoms with Crippen LogP contribution in [0.1, 0.15) is 26.2 Å². The summed E-state index contributed by atoms with van der Waals surface area (Å²) in [4.78, 5) is 12.9. The molecule has 0 saturated carbocycles. The van der Waals surface area contributed by atoms with Crippen molar-refractivity contribution in [2.24, 2.45) is 0 Å². The van der Waals surface area contributed by atoms with Crippen LogP contribution in [0.4, 0.5) is 0 Å². The van der Waals surface area contributed by atoms with E-state index in [1.54, 1.807) is 36.2 Å². The molecule has 1 unspecified atom stereocenters. The Morgan fingerprint density at radius 1 is 1.28 bits per heavy atom. The second-order valence-electron chi connectivity index (χ2n) is 6.20. The van der Waals surface area contributed by atoms with E-state index in [0.717, 1.165) is 6.42 Å². The van der Waals surface area contributed by atoms with Crippen molar-refractivity contribution in [3.63, 3.8) is 0 Å². The Hall–Kier alpha value is -1.64. The third-order valence-corrected chi connectivity index (χ3v) is 6.35. The van der Waals surface area contributed by atoms with Crippen molar-refractivity contribution in [2.45, 2.75) is 37.1 Å². The summed E-state index contributed by atoms with van der Waals surface area (Å²) in [6.07, 6.45) is 2.13. The molecular formula is C17H26N2O5S. The van der Waals surface area contributed by atoms with E-state index in [0.29, 0.717) is 38.3 Å². The molecule has 8 heteroatoms. The van der Waals surface area contributed by atoms with Gasteiger partial charge in [-0.2, -0.15) is 4.31 Å². The average Bonchev–Trinajstić information content (AvgIpc) is 2.81. The van der Waals surface area contributed by atoms with Crippen molar-refractivity contribution < 1.29 is 23.1 Å². The van der Waals surface area contributed by atoms with Gasteiger partial charge in [-0.25, -0.2) is 8.42 Å². The normalized spacial score (nSPS) is 19.6. The number of sulfonamides is 1. The van der Waals surface area contributed by atoms with E-state index in [-0.39, 0.29) is 17.5 Å². The molecule has 0 aliphatic carbocycles. The maximum absolute atomic E-state index is 12.8. The Bertz CT molecular complexity index is 675. The summed E-state index contributed by atoms with van der Waals surface area (Å²) in [6, 6.07) is 6.55. The number of nitrogens with zero attached hydrogens (tertiary/aromatic N) is 2. The van der Waals surface area contributed by atoms with Crippen LogP contribution in [0.5, 0.6) is 5.75 Å². The Labute approximate surface area is 149 Å². The lowest BCUT2D eigenvalue weighted by Gasteiger charge is -2.25. The van der Waals surface area contributed by atoms with Crippen LogP contribution in [-0.4, -0.2) is 68.0 Å². The van der Waals surface area contributed by atoms with E-state index in [9.17, 15) is 13.2 Å². The highest BCUT2D eigenvalue weighted by Gasteiger charge is 2.29. The van der Waals surface area contributed by atoms with Crippen LogP contribution in [0.25, 0.3) is 0 Å². The molecule has 0 amide bonds. The quantitative estimate of drug-likeness (QED) is 0.785. The van der Waals surface area contributed by atoms with Crippen molar-refractivity contribution in [1.82, 2.24) is 9.21 Å². The summed E-state index contributed by atoms with van der Waals surface area (Å²) in [5.74, 6) is -0.224. The number of carboxylic acids is 1. The topological polar surface area (TPSA) is 87.2 Å². The molecule has 25 heavy (non-hydrogen) atoms. The van der Waals surface area contributed by atoms with Crippen molar-refractivity contribution in [3.8, 4) is 5.75 Å². The molecular weight excluding hydrogens is 344 g/mol. The van der Waals surface area contributed by atoms with Gasteiger partial charge in [-0.05, 0) is 57.5 Å². The SMILES string of the molecule is CCOc1ccc(S(=O)(=O)N2CCCC(N(C)CC(=O)O)CC2)cc1. The minimum Gasteiger partial charge on any atom is -0.494 e. The Kier molecular flexibility index (Phi) is 6.80. The number of ether oxygens (including phenoxy) is 1. The zero-order chi connectivity index (χ0) is 18.4. The van der Waals surface area contributed by atoms with Gasteiger partial charge in [0, 0.05) is 19.1 Å². The first-order valence-electron chi connectivity index (χ1n) is 8.49. The fourth-order valence-electron chi connectivity index (χ4n) is 3.10. The fraction of sp³-hybridized carbons (Fsp3) is 0.588. The Balaban J connectivity index is 2.06. The molecule has 1 fully saturated rings. The van der Waals surface area contributed by atoms with Crippen LogP contribution in [0.2, 0.25) is 0 Å². The highest BCUT2D eigenvalue weighted by Crippen LogP contribution is 2.24. The summed E-state index contributed by atoms with van der Waals surface area (Å²) in [5.41, 5.74) is 0. The van der Waals surface area contributed by atoms with E-state index in [1.807, 2.05) is 6.92 Å². The van der Waals surface area contributed by atoms with Gasteiger partial charge in [0.2, 0.25) is 10.0 Å². The number of benzene rings is 1. The van der Waals surface area contributed by atoms with Gasteiger partial charge in [0.1, 0.15) is 5.75 Å². The van der Waals surface area contributed by atoms with Crippen molar-refractivity contribution in [2.75, 3.05) is 33.3 Å². The van der Waals surface area contributed by atoms with E-state index in [2.05, 4.69) is 0 Å². The van der Waals surface area contributed by atoms with Gasteiger partial charge in [0.05, 0.1) is 18.0 Å². The van der Waals surface area contributed by atoms with Crippen molar-refractivity contribution in [1.29, 1.82) is 0 Å². The molecule has 0 aromatic heterocycles. The first kappa shape index (κ1) is 19.7.